The largest absolute Gasteiger partial charge is 0.408 e. The molecule has 1 fully saturated rings. The molecular weight excluding hydrogens is 256 g/mol. The molecule has 0 bridgehead atoms. The van der Waals surface area contributed by atoms with Crippen LogP contribution in [0.3, 0.4) is 0 Å². The molecule has 0 saturated carbocycles. The Bertz CT molecular complexity index is 596. The van der Waals surface area contributed by atoms with Gasteiger partial charge in [-0.15, -0.1) is 0 Å². The lowest BCUT2D eigenvalue weighted by Gasteiger charge is -2.41. The lowest BCUT2D eigenvalue weighted by Crippen LogP contribution is -2.55. The van der Waals surface area contributed by atoms with Crippen molar-refractivity contribution in [1.82, 2.24) is 4.48 Å². The average molecular weight is 274 g/mol. The van der Waals surface area contributed by atoms with Gasteiger partial charge in [0.2, 0.25) is 0 Å². The molecular formula is C14H18N4S+2. The molecule has 3 rings (SSSR count). The highest BCUT2D eigenvalue weighted by Crippen LogP contribution is 2.30. The Morgan fingerprint density at radius 2 is 1.89 bits per heavy atom. The highest BCUT2D eigenvalue weighted by Gasteiger charge is 2.32. The van der Waals surface area contributed by atoms with Crippen molar-refractivity contribution in [2.24, 2.45) is 17.3 Å². The van der Waals surface area contributed by atoms with Crippen LogP contribution in [0.2, 0.25) is 0 Å². The summed E-state index contributed by atoms with van der Waals surface area (Å²) < 4.78 is 3.02. The van der Waals surface area contributed by atoms with Crippen LogP contribution < -0.4 is 9.05 Å². The SMILES string of the molecule is C[n+]1ccsc1N=Nc1ccc([N+]2(C)CCC2)cc1. The van der Waals surface area contributed by atoms with Crippen LogP contribution >= 0.6 is 11.3 Å². The van der Waals surface area contributed by atoms with Crippen molar-refractivity contribution in [1.29, 1.82) is 0 Å². The molecule has 1 aromatic carbocycles. The van der Waals surface area contributed by atoms with Gasteiger partial charge in [-0.05, 0) is 28.6 Å². The van der Waals surface area contributed by atoms with Crippen molar-refractivity contribution in [3.8, 4) is 0 Å². The van der Waals surface area contributed by atoms with E-state index in [1.54, 1.807) is 11.3 Å². The van der Waals surface area contributed by atoms with Crippen molar-refractivity contribution in [3.05, 3.63) is 35.8 Å². The number of aryl methyl sites for hydroxylation is 1. The van der Waals surface area contributed by atoms with Gasteiger partial charge in [0.25, 0.3) is 0 Å². The maximum absolute atomic E-state index is 4.28. The minimum absolute atomic E-state index is 0.907. The van der Waals surface area contributed by atoms with Crippen LogP contribution in [0.1, 0.15) is 6.42 Å². The van der Waals surface area contributed by atoms with Crippen molar-refractivity contribution < 1.29 is 4.57 Å². The lowest BCUT2D eigenvalue weighted by atomic mass is 10.1. The zero-order valence-corrected chi connectivity index (χ0v) is 12.1. The fraction of sp³-hybridized carbons (Fsp3) is 0.357. The molecule has 2 heterocycles. The first-order chi connectivity index (χ1) is 9.17. The molecule has 0 aliphatic carbocycles. The van der Waals surface area contributed by atoms with Gasteiger partial charge in [0.15, 0.2) is 0 Å². The zero-order valence-electron chi connectivity index (χ0n) is 11.3. The fourth-order valence-electron chi connectivity index (χ4n) is 2.29. The van der Waals surface area contributed by atoms with Crippen molar-refractivity contribution in [3.63, 3.8) is 0 Å². The van der Waals surface area contributed by atoms with Crippen molar-refractivity contribution in [2.75, 3.05) is 20.1 Å². The van der Waals surface area contributed by atoms with Gasteiger partial charge in [-0.25, -0.2) is 4.57 Å². The third kappa shape index (κ3) is 2.43. The number of azo groups is 1. The molecule has 0 radical (unpaired) electrons. The Hall–Kier alpha value is -1.59. The summed E-state index contributed by atoms with van der Waals surface area (Å²) >= 11 is 1.59. The highest BCUT2D eigenvalue weighted by atomic mass is 32.1. The zero-order chi connectivity index (χ0) is 13.3. The van der Waals surface area contributed by atoms with E-state index in [4.69, 9.17) is 0 Å². The summed E-state index contributed by atoms with van der Waals surface area (Å²) in [5.41, 5.74) is 2.27. The molecule has 0 spiro atoms. The summed E-state index contributed by atoms with van der Waals surface area (Å²) in [5.74, 6) is 0. The number of hydrogen-bond acceptors (Lipinski definition) is 3. The number of quaternary nitrogens is 1. The molecule has 1 aliphatic rings. The smallest absolute Gasteiger partial charge is 0.293 e. The molecule has 1 saturated heterocycles. The second-order valence-corrected chi connectivity index (χ2v) is 6.08. The monoisotopic (exact) mass is 274 g/mol. The normalized spacial score (nSPS) is 17.6. The summed E-state index contributed by atoms with van der Waals surface area (Å²) in [6, 6.07) is 8.44. The summed E-state index contributed by atoms with van der Waals surface area (Å²) in [5, 5.41) is 11.5. The summed E-state index contributed by atoms with van der Waals surface area (Å²) in [7, 11) is 4.26. The van der Waals surface area contributed by atoms with E-state index in [0.29, 0.717) is 0 Å². The minimum atomic E-state index is 0.907. The van der Waals surface area contributed by atoms with Gasteiger partial charge in [-0.3, -0.25) is 4.48 Å². The second-order valence-electron chi connectivity index (χ2n) is 5.21. The molecule has 4 nitrogen and oxygen atoms in total. The number of nitrogens with zero attached hydrogens (tertiary/aromatic N) is 4. The molecule has 0 N–H and O–H groups in total. The van der Waals surface area contributed by atoms with Gasteiger partial charge in [-0.1, -0.05) is 0 Å². The molecule has 1 aromatic heterocycles. The number of likely N-dealkylation sites (tertiary alicyclic amines) is 1. The van der Waals surface area contributed by atoms with E-state index in [2.05, 4.69) is 29.4 Å². The number of rotatable bonds is 3. The summed E-state index contributed by atoms with van der Waals surface area (Å²) in [6.07, 6.45) is 3.31. The first-order valence-corrected chi connectivity index (χ1v) is 7.35. The van der Waals surface area contributed by atoms with Crippen LogP contribution in [0, 0.1) is 0 Å². The van der Waals surface area contributed by atoms with Gasteiger partial charge in [-0.2, -0.15) is 0 Å². The Morgan fingerprint density at radius 3 is 2.42 bits per heavy atom. The number of aromatic nitrogens is 1. The first-order valence-electron chi connectivity index (χ1n) is 6.47. The topological polar surface area (TPSA) is 28.6 Å². The Morgan fingerprint density at radius 1 is 1.16 bits per heavy atom. The maximum Gasteiger partial charge on any atom is 0.408 e. The van der Waals surface area contributed by atoms with Crippen LogP contribution in [-0.2, 0) is 7.05 Å². The van der Waals surface area contributed by atoms with E-state index in [-0.39, 0.29) is 0 Å². The fourth-order valence-corrected chi connectivity index (χ4v) is 2.97. The number of hydrogen-bond donors (Lipinski definition) is 0. The number of benzene rings is 1. The molecule has 5 heteroatoms. The molecule has 19 heavy (non-hydrogen) atoms. The lowest BCUT2D eigenvalue weighted by molar-refractivity contribution is -0.654. The predicted octanol–water partition coefficient (Wildman–Crippen LogP) is 3.33. The minimum Gasteiger partial charge on any atom is -0.293 e. The molecule has 98 valence electrons. The van der Waals surface area contributed by atoms with Crippen LogP contribution in [0.5, 0.6) is 0 Å². The van der Waals surface area contributed by atoms with E-state index in [1.165, 1.54) is 25.2 Å². The average Bonchev–Trinajstić information content (AvgIpc) is 2.80. The second kappa shape index (κ2) is 4.83. The molecule has 0 atom stereocenters. The Balaban J connectivity index is 1.76. The van der Waals surface area contributed by atoms with Crippen LogP contribution in [0.25, 0.3) is 0 Å². The molecule has 1 aliphatic heterocycles. The van der Waals surface area contributed by atoms with Gasteiger partial charge in [0.05, 0.1) is 32.3 Å². The van der Waals surface area contributed by atoms with E-state index >= 15 is 0 Å². The quantitative estimate of drug-likeness (QED) is 0.467. The maximum atomic E-state index is 4.28. The highest BCUT2D eigenvalue weighted by molar-refractivity contribution is 7.12. The third-order valence-corrected chi connectivity index (χ3v) is 4.63. The number of thiazole rings is 1. The van der Waals surface area contributed by atoms with E-state index in [9.17, 15) is 0 Å². The summed E-state index contributed by atoms with van der Waals surface area (Å²) in [4.78, 5) is 0. The van der Waals surface area contributed by atoms with Gasteiger partial charge in [0, 0.05) is 23.9 Å². The van der Waals surface area contributed by atoms with Crippen LogP contribution in [0.15, 0.2) is 46.1 Å². The van der Waals surface area contributed by atoms with Crippen LogP contribution in [0.4, 0.5) is 16.5 Å². The van der Waals surface area contributed by atoms with Gasteiger partial charge < -0.3 is 0 Å². The van der Waals surface area contributed by atoms with Crippen molar-refractivity contribution in [2.45, 2.75) is 6.42 Å². The van der Waals surface area contributed by atoms with Gasteiger partial charge in [0.1, 0.15) is 17.6 Å². The Kier molecular flexibility index (Phi) is 3.16. The van der Waals surface area contributed by atoms with Crippen LogP contribution in [-0.4, -0.2) is 20.1 Å². The van der Waals surface area contributed by atoms with Gasteiger partial charge >= 0.3 is 5.13 Å². The Labute approximate surface area is 117 Å². The molecule has 2 aromatic rings. The van der Waals surface area contributed by atoms with E-state index in [0.717, 1.165) is 15.3 Å². The summed E-state index contributed by atoms with van der Waals surface area (Å²) in [6.45, 7) is 2.48. The standard InChI is InChI=1S/C14H18N4S/c1-17-8-11-19-14(17)16-15-12-4-6-13(7-5-12)18(2)9-3-10-18/h4-8,11H,3,9-10H2,1-2H3/q+2. The molecule has 0 amide bonds. The molecule has 0 unspecified atom stereocenters. The third-order valence-electron chi connectivity index (χ3n) is 3.79. The first kappa shape index (κ1) is 12.4. The van der Waals surface area contributed by atoms with E-state index < -0.39 is 0 Å². The predicted molar refractivity (Wildman–Crippen MR) is 78.2 cm³/mol. The van der Waals surface area contributed by atoms with Crippen molar-refractivity contribution >= 4 is 27.8 Å². The van der Waals surface area contributed by atoms with E-state index in [1.807, 2.05) is 35.3 Å².